The molecule has 0 aliphatic rings. The van der Waals surface area contributed by atoms with Crippen molar-refractivity contribution in [3.8, 4) is 0 Å². The lowest BCUT2D eigenvalue weighted by molar-refractivity contribution is 0.514. The molecule has 0 heterocycles. The second kappa shape index (κ2) is 7.12. The highest BCUT2D eigenvalue weighted by Gasteiger charge is 2.08. The maximum Gasteiger partial charge on any atom is 0.141 e. The van der Waals surface area contributed by atoms with Gasteiger partial charge in [-0.05, 0) is 42.5 Å². The van der Waals surface area contributed by atoms with E-state index in [1.165, 1.54) is 6.07 Å². The van der Waals surface area contributed by atoms with Gasteiger partial charge in [0.2, 0.25) is 0 Å². The summed E-state index contributed by atoms with van der Waals surface area (Å²) in [5.74, 6) is 6.13. The Morgan fingerprint density at radius 2 is 2.31 bits per heavy atom. The monoisotopic (exact) mass is 262 g/mol. The molecule has 90 valence electrons. The van der Waals surface area contributed by atoms with Gasteiger partial charge in [0.15, 0.2) is 0 Å². The van der Waals surface area contributed by atoms with E-state index in [9.17, 15) is 4.39 Å². The number of hydrogen-bond acceptors (Lipinski definition) is 3. The number of nitrogens with two attached hydrogens (primary N) is 1. The SMILES string of the molecule is CSCCC(Cc1ccc(F)c(Cl)c1)NN. The molecule has 0 aliphatic heterocycles. The zero-order chi connectivity index (χ0) is 12.0. The third-order valence-electron chi connectivity index (χ3n) is 2.37. The van der Waals surface area contributed by atoms with E-state index in [1.54, 1.807) is 23.9 Å². The van der Waals surface area contributed by atoms with Gasteiger partial charge in [-0.2, -0.15) is 11.8 Å². The first-order valence-electron chi connectivity index (χ1n) is 5.06. The molecule has 0 amide bonds. The molecule has 1 aromatic carbocycles. The molecule has 0 spiro atoms. The van der Waals surface area contributed by atoms with Gasteiger partial charge in [0.1, 0.15) is 5.82 Å². The number of hydrazine groups is 1. The first-order chi connectivity index (χ1) is 7.67. The van der Waals surface area contributed by atoms with Crippen molar-refractivity contribution in [1.29, 1.82) is 0 Å². The molecule has 1 aromatic rings. The van der Waals surface area contributed by atoms with Gasteiger partial charge in [-0.3, -0.25) is 11.3 Å². The molecular weight excluding hydrogens is 247 g/mol. The molecule has 1 rings (SSSR count). The fraction of sp³-hybridized carbons (Fsp3) is 0.455. The molecule has 0 saturated heterocycles. The number of benzene rings is 1. The van der Waals surface area contributed by atoms with Gasteiger partial charge < -0.3 is 0 Å². The summed E-state index contributed by atoms with van der Waals surface area (Å²) in [4.78, 5) is 0. The van der Waals surface area contributed by atoms with Crippen molar-refractivity contribution in [2.75, 3.05) is 12.0 Å². The Morgan fingerprint density at radius 3 is 2.88 bits per heavy atom. The number of halogens is 2. The van der Waals surface area contributed by atoms with Crippen LogP contribution in [0.15, 0.2) is 18.2 Å². The minimum Gasteiger partial charge on any atom is -0.271 e. The van der Waals surface area contributed by atoms with Crippen LogP contribution in [0.1, 0.15) is 12.0 Å². The maximum atomic E-state index is 12.9. The van der Waals surface area contributed by atoms with Crippen LogP contribution in [0.4, 0.5) is 4.39 Å². The predicted octanol–water partition coefficient (Wildman–Crippen LogP) is 2.61. The number of thioether (sulfide) groups is 1. The van der Waals surface area contributed by atoms with Crippen molar-refractivity contribution in [3.05, 3.63) is 34.6 Å². The predicted molar refractivity (Wildman–Crippen MR) is 69.2 cm³/mol. The van der Waals surface area contributed by atoms with Crippen LogP contribution in [0, 0.1) is 5.82 Å². The van der Waals surface area contributed by atoms with E-state index >= 15 is 0 Å². The van der Waals surface area contributed by atoms with Crippen molar-refractivity contribution >= 4 is 23.4 Å². The lowest BCUT2D eigenvalue weighted by Gasteiger charge is -2.15. The number of rotatable bonds is 6. The normalized spacial score (nSPS) is 12.8. The molecule has 5 heteroatoms. The van der Waals surface area contributed by atoms with Crippen LogP contribution < -0.4 is 11.3 Å². The Morgan fingerprint density at radius 1 is 1.56 bits per heavy atom. The van der Waals surface area contributed by atoms with E-state index in [1.807, 2.05) is 0 Å². The van der Waals surface area contributed by atoms with Crippen molar-refractivity contribution in [3.63, 3.8) is 0 Å². The Labute approximate surface area is 105 Å². The average Bonchev–Trinajstić information content (AvgIpc) is 2.29. The Hall–Kier alpha value is -0.290. The summed E-state index contributed by atoms with van der Waals surface area (Å²) >= 11 is 7.49. The molecule has 16 heavy (non-hydrogen) atoms. The first-order valence-corrected chi connectivity index (χ1v) is 6.83. The zero-order valence-electron chi connectivity index (χ0n) is 9.17. The van der Waals surface area contributed by atoms with Gasteiger partial charge in [0.25, 0.3) is 0 Å². The van der Waals surface area contributed by atoms with Crippen LogP contribution >= 0.6 is 23.4 Å². The molecule has 2 nitrogen and oxygen atoms in total. The summed E-state index contributed by atoms with van der Waals surface area (Å²) in [6.07, 6.45) is 3.80. The average molecular weight is 263 g/mol. The van der Waals surface area contributed by atoms with Crippen LogP contribution in [0.5, 0.6) is 0 Å². The Bertz CT molecular complexity index is 336. The molecule has 1 unspecified atom stereocenters. The minimum atomic E-state index is -0.383. The van der Waals surface area contributed by atoms with Crippen molar-refractivity contribution in [2.24, 2.45) is 5.84 Å². The molecular formula is C11H16ClFN2S. The van der Waals surface area contributed by atoms with Crippen LogP contribution in [0.3, 0.4) is 0 Å². The topological polar surface area (TPSA) is 38.0 Å². The summed E-state index contributed by atoms with van der Waals surface area (Å²) in [6.45, 7) is 0. The Kier molecular flexibility index (Phi) is 6.13. The van der Waals surface area contributed by atoms with Crippen LogP contribution in [0.2, 0.25) is 5.02 Å². The quantitative estimate of drug-likeness (QED) is 0.611. The smallest absolute Gasteiger partial charge is 0.141 e. The summed E-state index contributed by atoms with van der Waals surface area (Å²) < 4.78 is 12.9. The molecule has 0 bridgehead atoms. The summed E-state index contributed by atoms with van der Waals surface area (Å²) in [5, 5.41) is 0.165. The minimum absolute atomic E-state index is 0.165. The van der Waals surface area contributed by atoms with E-state index in [0.29, 0.717) is 0 Å². The standard InChI is InChI=1S/C11H16ClFN2S/c1-16-5-4-9(15-14)6-8-2-3-11(13)10(12)7-8/h2-3,7,9,15H,4-6,14H2,1H3. The second-order valence-corrected chi connectivity index (χ2v) is 4.99. The van der Waals surface area contributed by atoms with Gasteiger partial charge in [0, 0.05) is 6.04 Å². The van der Waals surface area contributed by atoms with Gasteiger partial charge in [-0.15, -0.1) is 0 Å². The number of nitrogens with one attached hydrogen (secondary N) is 1. The fourth-order valence-corrected chi connectivity index (χ4v) is 2.18. The lowest BCUT2D eigenvalue weighted by Crippen LogP contribution is -2.37. The van der Waals surface area contributed by atoms with Gasteiger partial charge >= 0.3 is 0 Å². The number of hydrogen-bond donors (Lipinski definition) is 2. The molecule has 0 radical (unpaired) electrons. The van der Waals surface area contributed by atoms with Crippen LogP contribution in [-0.4, -0.2) is 18.1 Å². The third-order valence-corrected chi connectivity index (χ3v) is 3.31. The van der Waals surface area contributed by atoms with Gasteiger partial charge in [0.05, 0.1) is 5.02 Å². The molecule has 0 aromatic heterocycles. The molecule has 3 N–H and O–H groups in total. The largest absolute Gasteiger partial charge is 0.271 e. The summed E-state index contributed by atoms with van der Waals surface area (Å²) in [7, 11) is 0. The van der Waals surface area contributed by atoms with E-state index in [4.69, 9.17) is 17.4 Å². The third kappa shape index (κ3) is 4.29. The van der Waals surface area contributed by atoms with E-state index in [0.717, 1.165) is 24.2 Å². The molecule has 0 aliphatic carbocycles. The highest BCUT2D eigenvalue weighted by Crippen LogP contribution is 2.17. The first kappa shape index (κ1) is 13.8. The second-order valence-electron chi connectivity index (χ2n) is 3.60. The van der Waals surface area contributed by atoms with E-state index in [-0.39, 0.29) is 16.9 Å². The van der Waals surface area contributed by atoms with Crippen molar-refractivity contribution in [2.45, 2.75) is 18.9 Å². The van der Waals surface area contributed by atoms with Gasteiger partial charge in [-0.1, -0.05) is 17.7 Å². The molecule has 0 saturated carbocycles. The maximum absolute atomic E-state index is 12.9. The van der Waals surface area contributed by atoms with Crippen molar-refractivity contribution < 1.29 is 4.39 Å². The summed E-state index contributed by atoms with van der Waals surface area (Å²) in [5.41, 5.74) is 3.77. The van der Waals surface area contributed by atoms with Crippen molar-refractivity contribution in [1.82, 2.24) is 5.43 Å². The van der Waals surface area contributed by atoms with Gasteiger partial charge in [-0.25, -0.2) is 4.39 Å². The Balaban J connectivity index is 2.59. The fourth-order valence-electron chi connectivity index (χ4n) is 1.46. The van der Waals surface area contributed by atoms with Crippen LogP contribution in [-0.2, 0) is 6.42 Å². The lowest BCUT2D eigenvalue weighted by atomic mass is 10.0. The summed E-state index contributed by atoms with van der Waals surface area (Å²) in [6, 6.07) is 4.99. The van der Waals surface area contributed by atoms with E-state index < -0.39 is 0 Å². The molecule has 1 atom stereocenters. The highest BCUT2D eigenvalue weighted by atomic mass is 35.5. The van der Waals surface area contributed by atoms with Crippen LogP contribution in [0.25, 0.3) is 0 Å². The van der Waals surface area contributed by atoms with E-state index in [2.05, 4.69) is 11.7 Å². The molecule has 0 fully saturated rings. The zero-order valence-corrected chi connectivity index (χ0v) is 10.7. The highest BCUT2D eigenvalue weighted by molar-refractivity contribution is 7.98.